The summed E-state index contributed by atoms with van der Waals surface area (Å²) in [4.78, 5) is 31.3. The monoisotopic (exact) mass is 334 g/mol. The Kier molecular flexibility index (Phi) is 4.56. The van der Waals surface area contributed by atoms with Crippen LogP contribution < -0.4 is 4.74 Å². The van der Waals surface area contributed by atoms with E-state index in [2.05, 4.69) is 4.99 Å². The van der Waals surface area contributed by atoms with Gasteiger partial charge in [-0.15, -0.1) is 0 Å². The quantitative estimate of drug-likeness (QED) is 0.621. The largest absolute Gasteiger partial charge is 0.497 e. The molecule has 0 N–H and O–H groups in total. The lowest BCUT2D eigenvalue weighted by molar-refractivity contribution is -0.155. The van der Waals surface area contributed by atoms with Gasteiger partial charge in [0, 0.05) is 12.3 Å². The lowest BCUT2D eigenvalue weighted by Crippen LogP contribution is -2.46. The molecule has 0 saturated carbocycles. The first-order valence-electron chi connectivity index (χ1n) is 7.48. The van der Waals surface area contributed by atoms with Crippen molar-refractivity contribution in [2.24, 2.45) is 10.9 Å². The summed E-state index contributed by atoms with van der Waals surface area (Å²) in [5, 5.41) is 0.691. The van der Waals surface area contributed by atoms with Gasteiger partial charge in [0.2, 0.25) is 5.91 Å². The highest BCUT2D eigenvalue weighted by atomic mass is 32.2. The van der Waals surface area contributed by atoms with Crippen LogP contribution in [0, 0.1) is 5.92 Å². The third-order valence-corrected chi connectivity index (χ3v) is 4.84. The van der Waals surface area contributed by atoms with Gasteiger partial charge in [0.1, 0.15) is 11.8 Å². The number of aliphatic imine (C=N–C) groups is 1. The minimum absolute atomic E-state index is 0.223. The van der Waals surface area contributed by atoms with Crippen molar-refractivity contribution in [3.8, 4) is 5.75 Å². The van der Waals surface area contributed by atoms with E-state index >= 15 is 0 Å². The number of carbonyl (C=O) groups is 2. The van der Waals surface area contributed by atoms with Gasteiger partial charge >= 0.3 is 5.97 Å². The summed E-state index contributed by atoms with van der Waals surface area (Å²) in [6.07, 6.45) is 0. The number of hydrogen-bond donors (Lipinski definition) is 0. The summed E-state index contributed by atoms with van der Waals surface area (Å²) in [6, 6.07) is 6.72. The van der Waals surface area contributed by atoms with Crippen LogP contribution in [0.2, 0.25) is 0 Å². The van der Waals surface area contributed by atoms with Crippen molar-refractivity contribution >= 4 is 28.8 Å². The van der Waals surface area contributed by atoms with E-state index in [4.69, 9.17) is 9.47 Å². The Labute approximate surface area is 138 Å². The van der Waals surface area contributed by atoms with Crippen LogP contribution in [0.1, 0.15) is 18.5 Å². The predicted molar refractivity (Wildman–Crippen MR) is 87.5 cm³/mol. The van der Waals surface area contributed by atoms with Crippen LogP contribution in [0.3, 0.4) is 0 Å². The average molecular weight is 334 g/mol. The molecule has 1 fully saturated rings. The number of esters is 1. The summed E-state index contributed by atoms with van der Waals surface area (Å²) >= 11 is 1.54. The number of benzene rings is 1. The highest BCUT2D eigenvalue weighted by Crippen LogP contribution is 2.37. The van der Waals surface area contributed by atoms with Gasteiger partial charge in [0.25, 0.3) is 0 Å². The molecule has 122 valence electrons. The number of amides is 1. The van der Waals surface area contributed by atoms with Gasteiger partial charge in [-0.1, -0.05) is 23.9 Å². The first kappa shape index (κ1) is 15.9. The Morgan fingerprint density at radius 1 is 1.39 bits per heavy atom. The second-order valence-corrected chi connectivity index (χ2v) is 6.26. The predicted octanol–water partition coefficient (Wildman–Crippen LogP) is 1.86. The van der Waals surface area contributed by atoms with Gasteiger partial charge in [0.15, 0.2) is 11.1 Å². The lowest BCUT2D eigenvalue weighted by atomic mass is 9.91. The molecule has 23 heavy (non-hydrogen) atoms. The second kappa shape index (κ2) is 6.62. The molecule has 0 aliphatic carbocycles. The molecule has 1 saturated heterocycles. The second-order valence-electron chi connectivity index (χ2n) is 5.20. The molecule has 3 rings (SSSR count). The van der Waals surface area contributed by atoms with Crippen molar-refractivity contribution in [2.45, 2.75) is 13.0 Å². The minimum Gasteiger partial charge on any atom is -0.497 e. The van der Waals surface area contributed by atoms with Crippen LogP contribution in [-0.4, -0.2) is 48.0 Å². The zero-order chi connectivity index (χ0) is 16.4. The van der Waals surface area contributed by atoms with Gasteiger partial charge in [-0.05, 0) is 24.6 Å². The van der Waals surface area contributed by atoms with Crippen molar-refractivity contribution in [3.63, 3.8) is 0 Å². The molecular weight excluding hydrogens is 316 g/mol. The van der Waals surface area contributed by atoms with Crippen LogP contribution in [0.5, 0.6) is 5.75 Å². The maximum atomic E-state index is 12.7. The number of rotatable bonds is 4. The first-order valence-corrected chi connectivity index (χ1v) is 8.46. The maximum absolute atomic E-state index is 12.7. The van der Waals surface area contributed by atoms with Gasteiger partial charge in [0.05, 0.1) is 13.7 Å². The van der Waals surface area contributed by atoms with Crippen LogP contribution in [0.25, 0.3) is 0 Å². The van der Waals surface area contributed by atoms with Gasteiger partial charge in [-0.2, -0.15) is 0 Å². The number of ether oxygens (including phenoxy) is 2. The molecule has 1 aromatic rings. The smallest absolute Gasteiger partial charge is 0.321 e. The number of hydrogen-bond acceptors (Lipinski definition) is 6. The first-order chi connectivity index (χ1) is 11.2. The molecule has 7 heteroatoms. The van der Waals surface area contributed by atoms with Crippen LogP contribution in [-0.2, 0) is 14.3 Å². The zero-order valence-electron chi connectivity index (χ0n) is 13.0. The molecule has 1 amide bonds. The SMILES string of the molecule is CCOC(=O)C1C(=O)N2CCSC2=NC1c1ccc(OC)cc1. The molecule has 6 nitrogen and oxygen atoms in total. The van der Waals surface area contributed by atoms with Gasteiger partial charge < -0.3 is 9.47 Å². The summed E-state index contributed by atoms with van der Waals surface area (Å²) in [7, 11) is 1.59. The molecule has 0 aromatic heterocycles. The van der Waals surface area contributed by atoms with Crippen molar-refractivity contribution in [1.29, 1.82) is 0 Å². The average Bonchev–Trinajstić information content (AvgIpc) is 3.04. The number of thioether (sulfide) groups is 1. The fourth-order valence-corrected chi connectivity index (χ4v) is 3.72. The molecule has 2 aliphatic rings. The van der Waals surface area contributed by atoms with E-state index < -0.39 is 17.9 Å². The number of methoxy groups -OCH3 is 1. The Morgan fingerprint density at radius 3 is 2.78 bits per heavy atom. The number of carbonyl (C=O) groups excluding carboxylic acids is 2. The Bertz CT molecular complexity index is 644. The lowest BCUT2D eigenvalue weighted by Gasteiger charge is -2.31. The highest BCUT2D eigenvalue weighted by Gasteiger charge is 2.46. The Morgan fingerprint density at radius 2 is 2.13 bits per heavy atom. The third-order valence-electron chi connectivity index (χ3n) is 3.87. The summed E-state index contributed by atoms with van der Waals surface area (Å²) in [5.74, 6) is -0.147. The molecule has 2 atom stereocenters. The number of nitrogens with zero attached hydrogens (tertiary/aromatic N) is 2. The minimum atomic E-state index is -0.925. The van der Waals surface area contributed by atoms with Crippen molar-refractivity contribution in [2.75, 3.05) is 26.0 Å². The van der Waals surface area contributed by atoms with E-state index in [0.29, 0.717) is 17.5 Å². The molecular formula is C16H18N2O4S. The Hall–Kier alpha value is -2.02. The van der Waals surface area contributed by atoms with Crippen LogP contribution in [0.15, 0.2) is 29.3 Å². The molecule has 2 unspecified atom stereocenters. The Balaban J connectivity index is 1.99. The standard InChI is InChI=1S/C16H18N2O4S/c1-3-22-15(20)12-13(10-4-6-11(21-2)7-5-10)17-16-18(14(12)19)8-9-23-16/h4-7,12-13H,3,8-9H2,1-2H3. The van der Waals surface area contributed by atoms with Crippen molar-refractivity contribution in [3.05, 3.63) is 29.8 Å². The topological polar surface area (TPSA) is 68.2 Å². The molecule has 0 radical (unpaired) electrons. The highest BCUT2D eigenvalue weighted by molar-refractivity contribution is 8.14. The van der Waals surface area contributed by atoms with E-state index in [-0.39, 0.29) is 12.5 Å². The van der Waals surface area contributed by atoms with E-state index in [0.717, 1.165) is 11.3 Å². The zero-order valence-corrected chi connectivity index (χ0v) is 13.8. The number of fused-ring (bicyclic) bond motifs is 1. The number of amidine groups is 1. The fourth-order valence-electron chi connectivity index (χ4n) is 2.74. The molecule has 2 aliphatic heterocycles. The summed E-state index contributed by atoms with van der Waals surface area (Å²) in [6.45, 7) is 2.56. The normalized spacial score (nSPS) is 23.3. The fraction of sp³-hybridized carbons (Fsp3) is 0.438. The van der Waals surface area contributed by atoms with Gasteiger partial charge in [-0.25, -0.2) is 0 Å². The molecule has 1 aromatic carbocycles. The van der Waals surface area contributed by atoms with Crippen molar-refractivity contribution < 1.29 is 19.1 Å². The molecule has 0 spiro atoms. The van der Waals surface area contributed by atoms with E-state index in [1.807, 2.05) is 12.1 Å². The van der Waals surface area contributed by atoms with Gasteiger partial charge in [-0.3, -0.25) is 19.5 Å². The maximum Gasteiger partial charge on any atom is 0.321 e. The molecule has 2 heterocycles. The van der Waals surface area contributed by atoms with E-state index in [1.54, 1.807) is 42.8 Å². The van der Waals surface area contributed by atoms with Crippen molar-refractivity contribution in [1.82, 2.24) is 4.90 Å². The van der Waals surface area contributed by atoms with Crippen LogP contribution in [0.4, 0.5) is 0 Å². The van der Waals surface area contributed by atoms with E-state index in [9.17, 15) is 9.59 Å². The molecule has 0 bridgehead atoms. The summed E-state index contributed by atoms with van der Waals surface area (Å²) in [5.41, 5.74) is 0.803. The van der Waals surface area contributed by atoms with Crippen LogP contribution >= 0.6 is 11.8 Å². The summed E-state index contributed by atoms with van der Waals surface area (Å²) < 4.78 is 10.3. The third kappa shape index (κ3) is 2.93. The van der Waals surface area contributed by atoms with E-state index in [1.165, 1.54) is 0 Å².